The number of nitrogens with zero attached hydrogens (tertiary/aromatic N) is 2. The molecule has 5 rings (SSSR count). The number of ketones is 1. The van der Waals surface area contributed by atoms with Gasteiger partial charge in [-0.15, -0.1) is 0 Å². The number of rotatable bonds is 6. The van der Waals surface area contributed by atoms with E-state index in [0.717, 1.165) is 11.3 Å². The van der Waals surface area contributed by atoms with Gasteiger partial charge in [-0.1, -0.05) is 13.0 Å². The van der Waals surface area contributed by atoms with Crippen molar-refractivity contribution >= 4 is 29.1 Å². The maximum atomic E-state index is 13.3. The van der Waals surface area contributed by atoms with Crippen molar-refractivity contribution in [3.8, 4) is 5.75 Å². The first-order valence-electron chi connectivity index (χ1n) is 11.7. The Morgan fingerprint density at radius 2 is 1.92 bits per heavy atom. The van der Waals surface area contributed by atoms with Gasteiger partial charge in [-0.05, 0) is 66.1 Å². The minimum absolute atomic E-state index is 0.0294. The van der Waals surface area contributed by atoms with Gasteiger partial charge in [0.2, 0.25) is 0 Å². The average Bonchev–Trinajstić information content (AvgIpc) is 3.49. The second-order valence-electron chi connectivity index (χ2n) is 8.56. The molecular formula is C28H24N2O6. The first-order chi connectivity index (χ1) is 17.5. The van der Waals surface area contributed by atoms with Crippen molar-refractivity contribution in [2.75, 3.05) is 18.1 Å². The number of anilines is 1. The Morgan fingerprint density at radius 3 is 2.64 bits per heavy atom. The van der Waals surface area contributed by atoms with Crippen molar-refractivity contribution in [3.05, 3.63) is 94.8 Å². The molecule has 3 aromatic rings. The van der Waals surface area contributed by atoms with Gasteiger partial charge in [0.25, 0.3) is 11.7 Å². The number of amides is 1. The number of esters is 1. The lowest BCUT2D eigenvalue weighted by atomic mass is 9.95. The molecule has 0 saturated carbocycles. The van der Waals surface area contributed by atoms with Crippen LogP contribution in [0.5, 0.6) is 5.75 Å². The lowest BCUT2D eigenvalue weighted by molar-refractivity contribution is -0.132. The third kappa shape index (κ3) is 4.11. The fourth-order valence-electron chi connectivity index (χ4n) is 4.48. The molecule has 0 spiro atoms. The maximum absolute atomic E-state index is 13.3. The number of fused-ring (bicyclic) bond motifs is 1. The first-order valence-corrected chi connectivity index (χ1v) is 11.7. The topological polar surface area (TPSA) is 106 Å². The summed E-state index contributed by atoms with van der Waals surface area (Å²) in [5.41, 5.74) is 2.63. The highest BCUT2D eigenvalue weighted by Gasteiger charge is 2.47. The van der Waals surface area contributed by atoms with E-state index in [-0.39, 0.29) is 11.3 Å². The fraction of sp³-hybridized carbons (Fsp3) is 0.214. The van der Waals surface area contributed by atoms with Crippen LogP contribution in [0.15, 0.2) is 72.6 Å². The minimum Gasteiger partial charge on any atom is -0.507 e. The number of benzene rings is 2. The molecule has 1 fully saturated rings. The van der Waals surface area contributed by atoms with E-state index in [9.17, 15) is 19.5 Å². The number of aliphatic hydroxyl groups excluding tert-OH is 1. The Labute approximate surface area is 207 Å². The monoisotopic (exact) mass is 484 g/mol. The van der Waals surface area contributed by atoms with Crippen LogP contribution in [-0.2, 0) is 20.7 Å². The lowest BCUT2D eigenvalue weighted by Crippen LogP contribution is -2.29. The van der Waals surface area contributed by atoms with Crippen LogP contribution in [-0.4, -0.2) is 41.0 Å². The van der Waals surface area contributed by atoms with E-state index in [1.54, 1.807) is 67.0 Å². The third-order valence-corrected chi connectivity index (χ3v) is 6.23. The van der Waals surface area contributed by atoms with Gasteiger partial charge in [-0.3, -0.25) is 19.5 Å². The molecule has 1 amide bonds. The summed E-state index contributed by atoms with van der Waals surface area (Å²) in [6.45, 7) is 2.77. The van der Waals surface area contributed by atoms with E-state index in [2.05, 4.69) is 4.98 Å². The molecule has 8 nitrogen and oxygen atoms in total. The second-order valence-corrected chi connectivity index (χ2v) is 8.56. The zero-order valence-corrected chi connectivity index (χ0v) is 19.6. The molecule has 36 heavy (non-hydrogen) atoms. The molecule has 1 aromatic heterocycles. The largest absolute Gasteiger partial charge is 0.507 e. The summed E-state index contributed by atoms with van der Waals surface area (Å²) in [7, 11) is 0. The Balaban J connectivity index is 1.58. The lowest BCUT2D eigenvalue weighted by Gasteiger charge is -2.25. The zero-order valence-electron chi connectivity index (χ0n) is 19.6. The van der Waals surface area contributed by atoms with E-state index in [1.165, 1.54) is 4.90 Å². The molecule has 2 aliphatic rings. The highest BCUT2D eigenvalue weighted by Crippen LogP contribution is 2.42. The zero-order chi connectivity index (χ0) is 25.2. The number of carbonyl (C=O) groups is 3. The molecule has 0 bridgehead atoms. The summed E-state index contributed by atoms with van der Waals surface area (Å²) in [5, 5.41) is 11.3. The third-order valence-electron chi connectivity index (χ3n) is 6.23. The maximum Gasteiger partial charge on any atom is 0.338 e. The van der Waals surface area contributed by atoms with E-state index in [1.807, 2.05) is 6.92 Å². The summed E-state index contributed by atoms with van der Waals surface area (Å²) < 4.78 is 10.7. The molecule has 2 aliphatic heterocycles. The smallest absolute Gasteiger partial charge is 0.338 e. The predicted octanol–water partition coefficient (Wildman–Crippen LogP) is 4.21. The van der Waals surface area contributed by atoms with Gasteiger partial charge >= 0.3 is 5.97 Å². The molecule has 0 radical (unpaired) electrons. The van der Waals surface area contributed by atoms with E-state index in [4.69, 9.17) is 9.47 Å². The first kappa shape index (κ1) is 23.3. The van der Waals surface area contributed by atoms with Crippen molar-refractivity contribution in [2.45, 2.75) is 25.8 Å². The van der Waals surface area contributed by atoms with Crippen molar-refractivity contribution in [1.82, 2.24) is 4.98 Å². The quantitative estimate of drug-likeness (QED) is 0.242. The molecule has 1 N–H and O–H groups in total. The SMILES string of the molecule is CCCOC(=O)c1ccc(N2C(=O)C(=O)/C(=C(\O)c3ccc4c(c3)CCO4)C2c2cccnc2)cc1. The molecule has 0 aliphatic carbocycles. The highest BCUT2D eigenvalue weighted by molar-refractivity contribution is 6.51. The van der Waals surface area contributed by atoms with Gasteiger partial charge in [0, 0.05) is 30.1 Å². The van der Waals surface area contributed by atoms with Gasteiger partial charge in [0.1, 0.15) is 11.5 Å². The summed E-state index contributed by atoms with van der Waals surface area (Å²) in [6.07, 6.45) is 4.55. The molecule has 182 valence electrons. The molecular weight excluding hydrogens is 460 g/mol. The van der Waals surface area contributed by atoms with Gasteiger partial charge in [-0.25, -0.2) is 4.79 Å². The van der Waals surface area contributed by atoms with E-state index >= 15 is 0 Å². The van der Waals surface area contributed by atoms with Gasteiger partial charge in [0.15, 0.2) is 0 Å². The minimum atomic E-state index is -0.902. The predicted molar refractivity (Wildman–Crippen MR) is 132 cm³/mol. The van der Waals surface area contributed by atoms with Crippen molar-refractivity contribution < 1.29 is 29.0 Å². The number of pyridine rings is 1. The standard InChI is InChI=1S/C28H24N2O6/c1-2-13-36-28(34)17-5-8-21(9-6-17)30-24(20-4-3-12-29-16-20)23(26(32)27(30)33)25(31)19-7-10-22-18(15-19)11-14-35-22/h3-10,12,15-16,24,31H,2,11,13-14H2,1H3/b25-23-. The van der Waals surface area contributed by atoms with Crippen molar-refractivity contribution in [3.63, 3.8) is 0 Å². The number of Topliss-reactive ketones (excluding diaryl/α,β-unsaturated/α-hetero) is 1. The number of aliphatic hydroxyl groups is 1. The second kappa shape index (κ2) is 9.65. The highest BCUT2D eigenvalue weighted by atomic mass is 16.5. The van der Waals surface area contributed by atoms with Crippen LogP contribution >= 0.6 is 0 Å². The van der Waals surface area contributed by atoms with E-state index < -0.39 is 23.7 Å². The number of hydrogen-bond donors (Lipinski definition) is 1. The van der Waals surface area contributed by atoms with Crippen molar-refractivity contribution in [1.29, 1.82) is 0 Å². The van der Waals surface area contributed by atoms with Crippen LogP contribution in [0.25, 0.3) is 5.76 Å². The molecule has 1 saturated heterocycles. The summed E-state index contributed by atoms with van der Waals surface area (Å²) in [4.78, 5) is 44.2. The van der Waals surface area contributed by atoms with Crippen LogP contribution < -0.4 is 9.64 Å². The summed E-state index contributed by atoms with van der Waals surface area (Å²) in [6, 6.07) is 14.0. The van der Waals surface area contributed by atoms with Crippen LogP contribution in [0.2, 0.25) is 0 Å². The van der Waals surface area contributed by atoms with E-state index in [0.29, 0.717) is 48.4 Å². The van der Waals surface area contributed by atoms with Crippen LogP contribution in [0.1, 0.15) is 46.4 Å². The van der Waals surface area contributed by atoms with Crippen LogP contribution in [0.4, 0.5) is 5.69 Å². The Bertz CT molecular complexity index is 1360. The molecule has 1 atom stereocenters. The summed E-state index contributed by atoms with van der Waals surface area (Å²) >= 11 is 0. The average molecular weight is 485 g/mol. The number of carbonyl (C=O) groups excluding carboxylic acids is 3. The number of aromatic nitrogens is 1. The molecule has 1 unspecified atom stereocenters. The van der Waals surface area contributed by atoms with Crippen molar-refractivity contribution in [2.24, 2.45) is 0 Å². The fourth-order valence-corrected chi connectivity index (χ4v) is 4.48. The van der Waals surface area contributed by atoms with Crippen LogP contribution in [0, 0.1) is 0 Å². The molecule has 3 heterocycles. The number of ether oxygens (including phenoxy) is 2. The Hall–Kier alpha value is -4.46. The van der Waals surface area contributed by atoms with Gasteiger partial charge in [-0.2, -0.15) is 0 Å². The van der Waals surface area contributed by atoms with Crippen LogP contribution in [0.3, 0.4) is 0 Å². The Kier molecular flexibility index (Phi) is 6.25. The Morgan fingerprint density at radius 1 is 1.14 bits per heavy atom. The molecule has 2 aromatic carbocycles. The van der Waals surface area contributed by atoms with Gasteiger partial charge < -0.3 is 14.6 Å². The van der Waals surface area contributed by atoms with Gasteiger partial charge in [0.05, 0.1) is 30.4 Å². The number of hydrogen-bond acceptors (Lipinski definition) is 7. The normalized spacial score (nSPS) is 18.1. The molecule has 8 heteroatoms. The summed E-state index contributed by atoms with van der Waals surface area (Å²) in [5.74, 6) is -1.57.